The van der Waals surface area contributed by atoms with Gasteiger partial charge < -0.3 is 30.5 Å². The fourth-order valence-corrected chi connectivity index (χ4v) is 7.39. The molecule has 53 heavy (non-hydrogen) atoms. The summed E-state index contributed by atoms with van der Waals surface area (Å²) in [6.45, 7) is 6.74. The number of aliphatic carboxylic acids is 1. The van der Waals surface area contributed by atoms with Gasteiger partial charge in [-0.15, -0.1) is 0 Å². The van der Waals surface area contributed by atoms with Gasteiger partial charge in [-0.1, -0.05) is 37.3 Å². The van der Waals surface area contributed by atoms with Crippen molar-refractivity contribution in [2.45, 2.75) is 70.8 Å². The SMILES string of the molecule is CCOC(=O)/C=C/c1ccc(-c2ccc(-n3ccc(C)n3)c([C@@H](Oc3cc(N4CCC5(CC4)CC(C(=O)O)NC5CC)nc(N)n3)C(F)(F)F)c2)cc1. The predicted molar refractivity (Wildman–Crippen MR) is 192 cm³/mol. The summed E-state index contributed by atoms with van der Waals surface area (Å²) >= 11 is 0. The Hall–Kier alpha value is -5.44. The minimum absolute atomic E-state index is 0.0438. The van der Waals surface area contributed by atoms with Crippen molar-refractivity contribution in [3.8, 4) is 22.7 Å². The highest BCUT2D eigenvalue weighted by molar-refractivity contribution is 5.87. The molecule has 0 aliphatic carbocycles. The van der Waals surface area contributed by atoms with Crippen LogP contribution in [0.1, 0.15) is 62.5 Å². The Morgan fingerprint density at radius 3 is 2.42 bits per heavy atom. The van der Waals surface area contributed by atoms with Gasteiger partial charge in [-0.25, -0.2) is 9.48 Å². The first-order valence-corrected chi connectivity index (χ1v) is 17.5. The molecule has 1 spiro atoms. The van der Waals surface area contributed by atoms with Crippen molar-refractivity contribution in [3.63, 3.8) is 0 Å². The van der Waals surface area contributed by atoms with E-state index in [9.17, 15) is 14.7 Å². The molecule has 3 atom stereocenters. The maximum atomic E-state index is 15.1. The highest BCUT2D eigenvalue weighted by Gasteiger charge is 2.50. The number of esters is 1. The Morgan fingerprint density at radius 2 is 1.79 bits per heavy atom. The van der Waals surface area contributed by atoms with Crippen LogP contribution in [0.2, 0.25) is 0 Å². The summed E-state index contributed by atoms with van der Waals surface area (Å²) < 4.78 is 57.4. The van der Waals surface area contributed by atoms with E-state index in [0.717, 1.165) is 6.42 Å². The van der Waals surface area contributed by atoms with Gasteiger partial charge in [0.15, 0.2) is 0 Å². The lowest BCUT2D eigenvalue weighted by atomic mass is 9.71. The zero-order valence-electron chi connectivity index (χ0n) is 29.6. The Kier molecular flexibility index (Phi) is 10.8. The van der Waals surface area contributed by atoms with Crippen molar-refractivity contribution in [1.82, 2.24) is 25.1 Å². The van der Waals surface area contributed by atoms with E-state index in [1.165, 1.54) is 22.9 Å². The molecule has 2 aliphatic rings. The summed E-state index contributed by atoms with van der Waals surface area (Å²) in [4.78, 5) is 33.8. The van der Waals surface area contributed by atoms with Crippen LogP contribution in [-0.4, -0.2) is 74.7 Å². The number of halogens is 3. The molecule has 280 valence electrons. The van der Waals surface area contributed by atoms with E-state index in [4.69, 9.17) is 15.2 Å². The molecule has 2 unspecified atom stereocenters. The number of piperidine rings is 1. The number of anilines is 2. The molecule has 2 aromatic heterocycles. The van der Waals surface area contributed by atoms with Gasteiger partial charge in [-0.2, -0.15) is 28.2 Å². The lowest BCUT2D eigenvalue weighted by Gasteiger charge is -2.43. The summed E-state index contributed by atoms with van der Waals surface area (Å²) in [6, 6.07) is 14.2. The minimum atomic E-state index is -4.89. The number of hydrogen-bond donors (Lipinski definition) is 3. The Labute approximate surface area is 304 Å². The van der Waals surface area contributed by atoms with E-state index in [0.29, 0.717) is 60.6 Å². The topological polar surface area (TPSA) is 158 Å². The van der Waals surface area contributed by atoms with Gasteiger partial charge in [0.05, 0.1) is 18.0 Å². The lowest BCUT2D eigenvalue weighted by Crippen LogP contribution is -2.46. The Morgan fingerprint density at radius 1 is 1.08 bits per heavy atom. The number of carboxylic acid groups (broad SMARTS) is 1. The van der Waals surface area contributed by atoms with E-state index in [2.05, 4.69) is 20.4 Å². The van der Waals surface area contributed by atoms with E-state index in [-0.39, 0.29) is 41.1 Å². The first-order valence-electron chi connectivity index (χ1n) is 17.5. The van der Waals surface area contributed by atoms with Crippen LogP contribution in [0, 0.1) is 12.3 Å². The molecule has 0 bridgehead atoms. The first-order chi connectivity index (χ1) is 25.3. The summed E-state index contributed by atoms with van der Waals surface area (Å²) in [7, 11) is 0. The van der Waals surface area contributed by atoms with Gasteiger partial charge in [-0.3, -0.25) is 4.79 Å². The molecule has 4 heterocycles. The first kappa shape index (κ1) is 37.3. The van der Waals surface area contributed by atoms with Gasteiger partial charge in [0.1, 0.15) is 11.9 Å². The number of aromatic nitrogens is 4. The normalized spacial score (nSPS) is 19.1. The van der Waals surface area contributed by atoms with Gasteiger partial charge >= 0.3 is 18.1 Å². The van der Waals surface area contributed by atoms with E-state index in [1.807, 2.05) is 11.8 Å². The third kappa shape index (κ3) is 8.30. The minimum Gasteiger partial charge on any atom is -0.480 e. The predicted octanol–water partition coefficient (Wildman–Crippen LogP) is 6.29. The number of aryl methyl sites for hydroxylation is 1. The molecule has 2 aliphatic heterocycles. The number of hydrogen-bond acceptors (Lipinski definition) is 10. The maximum absolute atomic E-state index is 15.1. The molecule has 6 rings (SSSR count). The van der Waals surface area contributed by atoms with Crippen LogP contribution >= 0.6 is 0 Å². The molecular formula is C38H42F3N7O5. The van der Waals surface area contributed by atoms with Crippen LogP contribution in [-0.2, 0) is 14.3 Å². The van der Waals surface area contributed by atoms with Crippen molar-refractivity contribution in [1.29, 1.82) is 0 Å². The van der Waals surface area contributed by atoms with Crippen molar-refractivity contribution in [3.05, 3.63) is 83.7 Å². The van der Waals surface area contributed by atoms with Crippen molar-refractivity contribution in [2.75, 3.05) is 30.3 Å². The molecule has 2 saturated heterocycles. The molecule has 12 nitrogen and oxygen atoms in total. The van der Waals surface area contributed by atoms with Crippen LogP contribution < -0.4 is 20.7 Å². The average Bonchev–Trinajstić information content (AvgIpc) is 3.72. The number of carbonyl (C=O) groups is 2. The average molecular weight is 734 g/mol. The van der Waals surface area contributed by atoms with E-state index >= 15 is 13.2 Å². The largest absolute Gasteiger partial charge is 0.480 e. The number of ether oxygens (including phenoxy) is 2. The molecule has 0 saturated carbocycles. The molecule has 0 radical (unpaired) electrons. The fourth-order valence-electron chi connectivity index (χ4n) is 7.39. The zero-order chi connectivity index (χ0) is 37.9. The second kappa shape index (κ2) is 15.3. The van der Waals surface area contributed by atoms with Crippen LogP contribution in [0.3, 0.4) is 0 Å². The van der Waals surface area contributed by atoms with Gasteiger partial charge in [0.25, 0.3) is 0 Å². The van der Waals surface area contributed by atoms with E-state index < -0.39 is 30.3 Å². The number of benzene rings is 2. The third-order valence-corrected chi connectivity index (χ3v) is 10.0. The standard InChI is InChI=1S/C38H42F3N7O5/c1-4-30-37(22-28(43-30)35(50)51)15-18-47(19-16-37)31-21-32(45-36(42)44-31)53-34(38(39,40)41)27-20-26(11-12-29(27)48-17-14-23(3)46-48)25-9-6-24(7-10-25)8-13-33(49)52-5-2/h6-14,17,20-21,28,30,34,43H,4-5,15-16,18-19,22H2,1-3H3,(H,50,51)(H2,42,44,45)/b13-8+/t28?,30?,34-/m1/s1. The summed E-state index contributed by atoms with van der Waals surface area (Å²) in [6.07, 6.45) is -0.235. The number of nitrogen functional groups attached to an aromatic ring is 1. The van der Waals surface area contributed by atoms with Crippen molar-refractivity contribution < 1.29 is 37.3 Å². The second-order valence-corrected chi connectivity index (χ2v) is 13.4. The van der Waals surface area contributed by atoms with Gasteiger partial charge in [0.2, 0.25) is 17.9 Å². The number of rotatable bonds is 11. The molecule has 15 heteroatoms. The molecule has 4 aromatic rings. The number of nitrogens with one attached hydrogen (secondary N) is 1. The summed E-state index contributed by atoms with van der Waals surface area (Å²) in [5.41, 5.74) is 8.27. The van der Waals surface area contributed by atoms with Crippen LogP contribution in [0.4, 0.5) is 24.9 Å². The molecule has 2 fully saturated rings. The quantitative estimate of drug-likeness (QED) is 0.118. The highest BCUT2D eigenvalue weighted by atomic mass is 19.4. The zero-order valence-corrected chi connectivity index (χ0v) is 29.6. The third-order valence-electron chi connectivity index (χ3n) is 10.0. The molecule has 0 amide bonds. The number of carboxylic acids is 1. The van der Waals surface area contributed by atoms with Crippen LogP contribution in [0.5, 0.6) is 5.88 Å². The van der Waals surface area contributed by atoms with Gasteiger partial charge in [0, 0.05) is 43.0 Å². The number of nitrogens with zero attached hydrogens (tertiary/aromatic N) is 5. The van der Waals surface area contributed by atoms with Crippen molar-refractivity contribution >= 4 is 29.8 Å². The van der Waals surface area contributed by atoms with Crippen LogP contribution in [0.15, 0.2) is 66.9 Å². The highest BCUT2D eigenvalue weighted by Crippen LogP contribution is 2.46. The fraction of sp³-hybridized carbons (Fsp3) is 0.395. The lowest BCUT2D eigenvalue weighted by molar-refractivity contribution is -0.198. The van der Waals surface area contributed by atoms with Crippen LogP contribution in [0.25, 0.3) is 22.9 Å². The van der Waals surface area contributed by atoms with Crippen molar-refractivity contribution in [2.24, 2.45) is 5.41 Å². The van der Waals surface area contributed by atoms with Gasteiger partial charge in [-0.05, 0) is 85.9 Å². The maximum Gasteiger partial charge on any atom is 0.429 e. The van der Waals surface area contributed by atoms with E-state index in [1.54, 1.807) is 68.6 Å². The Bertz CT molecular complexity index is 1970. The second-order valence-electron chi connectivity index (χ2n) is 13.4. The monoisotopic (exact) mass is 733 g/mol. The Balaban J connectivity index is 1.30. The summed E-state index contributed by atoms with van der Waals surface area (Å²) in [5.74, 6) is -1.62. The summed E-state index contributed by atoms with van der Waals surface area (Å²) in [5, 5.41) is 17.3. The number of nitrogens with two attached hydrogens (primary N) is 1. The molecular weight excluding hydrogens is 691 g/mol. The number of carbonyl (C=O) groups excluding carboxylic acids is 1. The molecule has 4 N–H and O–H groups in total. The molecule has 2 aromatic carbocycles. The number of alkyl halides is 3. The smallest absolute Gasteiger partial charge is 0.429 e.